The van der Waals surface area contributed by atoms with E-state index in [4.69, 9.17) is 16.7 Å². The fraction of sp³-hybridized carbons (Fsp3) is 0.292. The zero-order valence-corrected chi connectivity index (χ0v) is 18.1. The Labute approximate surface area is 189 Å². The fourth-order valence-electron chi connectivity index (χ4n) is 4.84. The number of carbonyl (C=O) groups excluding carboxylic acids is 1. The molecule has 2 atom stereocenters. The molecule has 162 valence electrons. The van der Waals surface area contributed by atoms with Crippen molar-refractivity contribution in [2.75, 3.05) is 6.54 Å². The van der Waals surface area contributed by atoms with Gasteiger partial charge in [0.1, 0.15) is 11.9 Å². The molecule has 1 aliphatic heterocycles. The summed E-state index contributed by atoms with van der Waals surface area (Å²) in [6.07, 6.45) is 0.0611. The number of hydrogen-bond donors (Lipinski definition) is 1. The zero-order chi connectivity index (χ0) is 22.6. The summed E-state index contributed by atoms with van der Waals surface area (Å²) in [4.78, 5) is 13.8. The van der Waals surface area contributed by atoms with Gasteiger partial charge in [0, 0.05) is 54.7 Å². The van der Waals surface area contributed by atoms with Crippen LogP contribution >= 0.6 is 11.6 Å². The van der Waals surface area contributed by atoms with Gasteiger partial charge in [0.2, 0.25) is 5.91 Å². The van der Waals surface area contributed by atoms with Gasteiger partial charge >= 0.3 is 0 Å². The number of nitrogens with zero attached hydrogens (tertiary/aromatic N) is 4. The van der Waals surface area contributed by atoms with Crippen LogP contribution in [0.4, 0.5) is 4.39 Å². The highest BCUT2D eigenvalue weighted by Crippen LogP contribution is 2.42. The molecule has 2 heterocycles. The molecule has 1 amide bonds. The van der Waals surface area contributed by atoms with Gasteiger partial charge in [-0.3, -0.25) is 9.48 Å². The number of rotatable bonds is 2. The van der Waals surface area contributed by atoms with E-state index in [0.717, 1.165) is 22.4 Å². The maximum Gasteiger partial charge on any atom is 0.219 e. The lowest BCUT2D eigenvalue weighted by Gasteiger charge is -2.28. The van der Waals surface area contributed by atoms with Crippen molar-refractivity contribution in [3.05, 3.63) is 75.2 Å². The smallest absolute Gasteiger partial charge is 0.219 e. The van der Waals surface area contributed by atoms with Gasteiger partial charge in [0.05, 0.1) is 23.4 Å². The second kappa shape index (κ2) is 7.73. The molecule has 0 saturated carbocycles. The van der Waals surface area contributed by atoms with E-state index in [-0.39, 0.29) is 5.91 Å². The van der Waals surface area contributed by atoms with Gasteiger partial charge in [-0.15, -0.1) is 0 Å². The van der Waals surface area contributed by atoms with E-state index >= 15 is 0 Å². The molecule has 32 heavy (non-hydrogen) atoms. The Morgan fingerprint density at radius 1 is 1.31 bits per heavy atom. The standard InChI is InChI=1S/C24H20ClFN4O2/c1-13(31)29-6-5-21-19(12-29)23(15-4-2-3-14(7-15)11-27)28-30(21)24-18-8-16(26)9-20(25)17(18)10-22(24)32/h2-4,7-9,22,24,32H,5-6,10,12H2,1H3/t22-,24?/m1/s1. The van der Waals surface area contributed by atoms with Crippen molar-refractivity contribution in [1.29, 1.82) is 5.26 Å². The van der Waals surface area contributed by atoms with E-state index in [1.807, 2.05) is 6.07 Å². The maximum atomic E-state index is 14.2. The van der Waals surface area contributed by atoms with E-state index in [1.165, 1.54) is 19.1 Å². The number of nitriles is 1. The minimum atomic E-state index is -0.808. The number of aliphatic hydroxyl groups excluding tert-OH is 1. The Balaban J connectivity index is 1.70. The summed E-state index contributed by atoms with van der Waals surface area (Å²) in [5.41, 5.74) is 5.05. The minimum Gasteiger partial charge on any atom is -0.390 e. The molecule has 1 aliphatic carbocycles. The third-order valence-electron chi connectivity index (χ3n) is 6.35. The third kappa shape index (κ3) is 3.27. The molecule has 1 N–H and O–H groups in total. The number of amides is 1. The SMILES string of the molecule is CC(=O)N1CCc2c(c(-c3cccc(C#N)c3)nn2C2c3cc(F)cc(Cl)c3C[C@H]2O)C1. The Bertz CT molecular complexity index is 1300. The summed E-state index contributed by atoms with van der Waals surface area (Å²) in [5, 5.41) is 25.4. The van der Waals surface area contributed by atoms with Crippen LogP contribution in [0.2, 0.25) is 5.02 Å². The molecule has 0 saturated heterocycles. The zero-order valence-electron chi connectivity index (χ0n) is 17.3. The van der Waals surface area contributed by atoms with Crippen LogP contribution in [0, 0.1) is 17.1 Å². The first-order chi connectivity index (χ1) is 15.4. The Morgan fingerprint density at radius 2 is 2.12 bits per heavy atom. The first kappa shape index (κ1) is 20.7. The van der Waals surface area contributed by atoms with E-state index < -0.39 is 18.0 Å². The van der Waals surface area contributed by atoms with Crippen molar-refractivity contribution < 1.29 is 14.3 Å². The van der Waals surface area contributed by atoms with Gasteiger partial charge in [-0.2, -0.15) is 10.4 Å². The summed E-state index contributed by atoms with van der Waals surface area (Å²) in [5.74, 6) is -0.487. The molecule has 0 bridgehead atoms. The molecule has 0 radical (unpaired) electrons. The average molecular weight is 451 g/mol. The molecule has 2 aliphatic rings. The van der Waals surface area contributed by atoms with Crippen molar-refractivity contribution in [3.8, 4) is 17.3 Å². The van der Waals surface area contributed by atoms with Gasteiger partial charge in [-0.25, -0.2) is 4.39 Å². The lowest BCUT2D eigenvalue weighted by atomic mass is 9.99. The molecule has 5 rings (SSSR count). The lowest BCUT2D eigenvalue weighted by molar-refractivity contribution is -0.129. The largest absolute Gasteiger partial charge is 0.390 e. The Hall–Kier alpha value is -3.21. The van der Waals surface area contributed by atoms with Crippen LogP contribution < -0.4 is 0 Å². The maximum absolute atomic E-state index is 14.2. The lowest BCUT2D eigenvalue weighted by Crippen LogP contribution is -2.35. The van der Waals surface area contributed by atoms with Crippen molar-refractivity contribution in [3.63, 3.8) is 0 Å². The molecular formula is C24H20ClFN4O2. The number of carbonyl (C=O) groups is 1. The highest BCUT2D eigenvalue weighted by atomic mass is 35.5. The van der Waals surface area contributed by atoms with Crippen LogP contribution in [0.15, 0.2) is 36.4 Å². The van der Waals surface area contributed by atoms with Gasteiger partial charge in [0.15, 0.2) is 0 Å². The van der Waals surface area contributed by atoms with Crippen molar-refractivity contribution in [2.45, 2.75) is 38.5 Å². The Morgan fingerprint density at radius 3 is 2.88 bits per heavy atom. The number of hydrogen-bond acceptors (Lipinski definition) is 4. The van der Waals surface area contributed by atoms with Crippen LogP contribution in [0.5, 0.6) is 0 Å². The monoisotopic (exact) mass is 450 g/mol. The number of halogens is 2. The van der Waals surface area contributed by atoms with Gasteiger partial charge < -0.3 is 10.0 Å². The van der Waals surface area contributed by atoms with Crippen LogP contribution in [0.3, 0.4) is 0 Å². The first-order valence-electron chi connectivity index (χ1n) is 10.4. The van der Waals surface area contributed by atoms with Crippen molar-refractivity contribution in [2.24, 2.45) is 0 Å². The topological polar surface area (TPSA) is 82.2 Å². The highest BCUT2D eigenvalue weighted by molar-refractivity contribution is 6.31. The first-order valence-corrected chi connectivity index (χ1v) is 10.8. The number of fused-ring (bicyclic) bond motifs is 2. The normalized spacial score (nSPS) is 19.4. The van der Waals surface area contributed by atoms with Gasteiger partial charge in [-0.1, -0.05) is 23.7 Å². The molecule has 8 heteroatoms. The summed E-state index contributed by atoms with van der Waals surface area (Å²) in [7, 11) is 0. The van der Waals surface area contributed by atoms with Gasteiger partial charge in [0.25, 0.3) is 0 Å². The van der Waals surface area contributed by atoms with Crippen molar-refractivity contribution in [1.82, 2.24) is 14.7 Å². The summed E-state index contributed by atoms with van der Waals surface area (Å²) < 4.78 is 16.0. The van der Waals surface area contributed by atoms with Crippen molar-refractivity contribution >= 4 is 17.5 Å². The molecule has 6 nitrogen and oxygen atoms in total. The van der Waals surface area contributed by atoms with Crippen LogP contribution in [-0.2, 0) is 24.2 Å². The number of aromatic nitrogens is 2. The number of benzene rings is 2. The van der Waals surface area contributed by atoms with Crippen LogP contribution in [-0.4, -0.2) is 38.3 Å². The second-order valence-electron chi connectivity index (χ2n) is 8.27. The summed E-state index contributed by atoms with van der Waals surface area (Å²) in [6, 6.07) is 11.4. The Kier molecular flexibility index (Phi) is 5.00. The summed E-state index contributed by atoms with van der Waals surface area (Å²) in [6.45, 7) is 2.45. The van der Waals surface area contributed by atoms with E-state index in [9.17, 15) is 19.6 Å². The molecule has 3 aromatic rings. The van der Waals surface area contributed by atoms with E-state index in [2.05, 4.69) is 6.07 Å². The molecule has 1 unspecified atom stereocenters. The predicted octanol–water partition coefficient (Wildman–Crippen LogP) is 3.63. The molecule has 1 aromatic heterocycles. The third-order valence-corrected chi connectivity index (χ3v) is 6.69. The predicted molar refractivity (Wildman–Crippen MR) is 116 cm³/mol. The molecule has 2 aromatic carbocycles. The summed E-state index contributed by atoms with van der Waals surface area (Å²) >= 11 is 6.27. The molecule has 0 spiro atoms. The average Bonchev–Trinajstić information content (AvgIpc) is 3.30. The molecule has 0 fully saturated rings. The van der Waals surface area contributed by atoms with Crippen LogP contribution in [0.1, 0.15) is 40.9 Å². The fourth-order valence-corrected chi connectivity index (χ4v) is 5.13. The second-order valence-corrected chi connectivity index (χ2v) is 8.68. The van der Waals surface area contributed by atoms with Gasteiger partial charge in [-0.05, 0) is 35.4 Å². The van der Waals surface area contributed by atoms with Crippen LogP contribution in [0.25, 0.3) is 11.3 Å². The number of aliphatic hydroxyl groups is 1. The van der Waals surface area contributed by atoms with E-state index in [1.54, 1.807) is 27.8 Å². The quantitative estimate of drug-likeness (QED) is 0.646. The van der Waals surface area contributed by atoms with E-state index in [0.29, 0.717) is 47.8 Å². The highest BCUT2D eigenvalue weighted by Gasteiger charge is 2.38. The molecular weight excluding hydrogens is 431 g/mol. The minimum absolute atomic E-state index is 0.0276.